The fourth-order valence-corrected chi connectivity index (χ4v) is 1.23. The van der Waals surface area contributed by atoms with Crippen LogP contribution in [0, 0.1) is 0 Å². The van der Waals surface area contributed by atoms with E-state index >= 15 is 0 Å². The van der Waals surface area contributed by atoms with Gasteiger partial charge in [0.1, 0.15) is 0 Å². The second-order valence-electron chi connectivity index (χ2n) is 2.15. The largest absolute Gasteiger partial charge is 0.354 e. The van der Waals surface area contributed by atoms with Crippen LogP contribution < -0.4 is 9.68 Å². The monoisotopic (exact) mass is 140 g/mol. The van der Waals surface area contributed by atoms with Crippen molar-refractivity contribution in [2.24, 2.45) is 0 Å². The molecule has 0 saturated carbocycles. The third-order valence-electron chi connectivity index (χ3n) is 0.992. The van der Waals surface area contributed by atoms with Crippen LogP contribution >= 0.6 is 11.3 Å². The summed E-state index contributed by atoms with van der Waals surface area (Å²) in [6.45, 7) is 0. The van der Waals surface area contributed by atoms with Gasteiger partial charge in [-0.3, -0.25) is 0 Å². The van der Waals surface area contributed by atoms with Gasteiger partial charge in [0.25, 0.3) is 0 Å². The van der Waals surface area contributed by atoms with E-state index in [9.17, 15) is 0 Å². The quantitative estimate of drug-likeness (QED) is 0.487. The minimum atomic E-state index is 1.08. The molecule has 0 bridgehead atoms. The predicted octanol–water partition coefficient (Wildman–Crippen LogP) is -0.532. The van der Waals surface area contributed by atoms with E-state index in [1.807, 2.05) is 25.2 Å². The Morgan fingerprint density at radius 2 is 2.33 bits per heavy atom. The molecule has 0 N–H and O–H groups in total. The van der Waals surface area contributed by atoms with Crippen molar-refractivity contribution in [3.63, 3.8) is 0 Å². The average molecular weight is 140 g/mol. The van der Waals surface area contributed by atoms with Crippen molar-refractivity contribution in [3.05, 3.63) is 6.20 Å². The summed E-state index contributed by atoms with van der Waals surface area (Å²) in [5.74, 6) is 0. The molecule has 0 atom stereocenters. The third-order valence-corrected chi connectivity index (χ3v) is 2.07. The number of anilines is 1. The molecule has 0 spiro atoms. The molecule has 2 nitrogen and oxygen atoms in total. The van der Waals surface area contributed by atoms with E-state index in [2.05, 4.69) is 12.8 Å². The lowest BCUT2D eigenvalue weighted by Gasteiger charge is -2.04. The van der Waals surface area contributed by atoms with Gasteiger partial charge in [0.15, 0.2) is 13.0 Å². The van der Waals surface area contributed by atoms with Gasteiger partial charge in [-0.15, -0.1) is 11.3 Å². The molecule has 1 rings (SSSR count). The zero-order chi connectivity index (χ0) is 6.85. The molecule has 0 amide bonds. The van der Waals surface area contributed by atoms with E-state index in [-0.39, 0.29) is 0 Å². The molecule has 1 heterocycles. The van der Waals surface area contributed by atoms with Crippen LogP contribution in [0.1, 0.15) is 0 Å². The van der Waals surface area contributed by atoms with E-state index in [4.69, 9.17) is 0 Å². The van der Waals surface area contributed by atoms with Crippen molar-refractivity contribution in [1.82, 2.24) is 4.98 Å². The van der Waals surface area contributed by atoms with Crippen molar-refractivity contribution < 1.29 is 0 Å². The van der Waals surface area contributed by atoms with Crippen molar-refractivity contribution in [2.75, 3.05) is 19.0 Å². The van der Waals surface area contributed by atoms with E-state index in [0.29, 0.717) is 0 Å². The zero-order valence-corrected chi connectivity index (χ0v) is 6.70. The summed E-state index contributed by atoms with van der Waals surface area (Å²) in [5.41, 5.74) is 0. The molecular weight excluding hydrogens is 131 g/mol. The van der Waals surface area contributed by atoms with Crippen LogP contribution in [0.5, 0.6) is 0 Å². The molecule has 0 radical (unpaired) electrons. The summed E-state index contributed by atoms with van der Waals surface area (Å²) in [5, 5.41) is 1.08. The van der Waals surface area contributed by atoms with Crippen LogP contribution in [0.2, 0.25) is 0 Å². The second kappa shape index (κ2) is 2.39. The molecule has 1 aromatic rings. The maximum atomic E-state index is 4.16. The molecule has 48 valence electrons. The fourth-order valence-electron chi connectivity index (χ4n) is 0.550. The Morgan fingerprint density at radius 3 is 2.56 bits per heavy atom. The van der Waals surface area contributed by atoms with Crippen LogP contribution in [-0.4, -0.2) is 26.9 Å². The van der Waals surface area contributed by atoms with Crippen molar-refractivity contribution in [2.45, 2.75) is 0 Å². The highest BCUT2D eigenvalue weighted by Gasteiger charge is 1.97. The summed E-state index contributed by atoms with van der Waals surface area (Å²) in [6, 6.07) is 0. The maximum absolute atomic E-state index is 4.16. The fraction of sp³-hybridized carbons (Fsp3) is 0.400. The highest BCUT2D eigenvalue weighted by Crippen LogP contribution is 2.10. The smallest absolute Gasteiger partial charge is 0.184 e. The SMILES string of the molecule is Bc1cnc(N(C)C)s1. The van der Waals surface area contributed by atoms with Crippen molar-refractivity contribution in [3.8, 4) is 0 Å². The van der Waals surface area contributed by atoms with E-state index in [0.717, 1.165) is 5.13 Å². The van der Waals surface area contributed by atoms with Gasteiger partial charge in [0, 0.05) is 20.3 Å². The average Bonchev–Trinajstić information content (AvgIpc) is 2.14. The van der Waals surface area contributed by atoms with E-state index in [1.165, 1.54) is 4.78 Å². The molecule has 9 heavy (non-hydrogen) atoms. The first-order valence-corrected chi connectivity index (χ1v) is 3.61. The number of rotatable bonds is 1. The molecule has 0 fully saturated rings. The lowest BCUT2D eigenvalue weighted by molar-refractivity contribution is 1.11. The topological polar surface area (TPSA) is 16.1 Å². The lowest BCUT2D eigenvalue weighted by atomic mass is 10.1. The third kappa shape index (κ3) is 1.45. The Kier molecular flexibility index (Phi) is 1.76. The van der Waals surface area contributed by atoms with Gasteiger partial charge < -0.3 is 4.90 Å². The van der Waals surface area contributed by atoms with E-state index in [1.54, 1.807) is 11.3 Å². The lowest BCUT2D eigenvalue weighted by Crippen LogP contribution is -2.07. The molecule has 0 unspecified atom stereocenters. The number of nitrogens with zero attached hydrogens (tertiary/aromatic N) is 2. The zero-order valence-electron chi connectivity index (χ0n) is 5.88. The van der Waals surface area contributed by atoms with Gasteiger partial charge in [0.05, 0.1) is 0 Å². The summed E-state index contributed by atoms with van der Waals surface area (Å²) in [4.78, 5) is 6.17. The van der Waals surface area contributed by atoms with Crippen LogP contribution in [0.3, 0.4) is 0 Å². The molecule has 0 aliphatic carbocycles. The molecule has 1 aromatic heterocycles. The van der Waals surface area contributed by atoms with Crippen LogP contribution in [0.4, 0.5) is 5.13 Å². The van der Waals surface area contributed by atoms with Gasteiger partial charge in [-0.05, 0) is 4.78 Å². The van der Waals surface area contributed by atoms with Gasteiger partial charge in [-0.25, -0.2) is 4.98 Å². The normalized spacial score (nSPS) is 9.56. The van der Waals surface area contributed by atoms with Crippen molar-refractivity contribution >= 4 is 29.1 Å². The Bertz CT molecular complexity index is 197. The maximum Gasteiger partial charge on any atom is 0.184 e. The predicted molar refractivity (Wildman–Crippen MR) is 44.6 cm³/mol. The Labute approximate surface area is 59.9 Å². The number of thiazole rings is 1. The summed E-state index contributed by atoms with van der Waals surface area (Å²) < 4.78 is 1.26. The molecular formula is C5H9BN2S. The molecule has 0 aliphatic heterocycles. The summed E-state index contributed by atoms with van der Waals surface area (Å²) in [7, 11) is 6.06. The van der Waals surface area contributed by atoms with Crippen LogP contribution in [-0.2, 0) is 0 Å². The first-order chi connectivity index (χ1) is 4.20. The number of hydrogen-bond donors (Lipinski definition) is 0. The Morgan fingerprint density at radius 1 is 1.67 bits per heavy atom. The van der Waals surface area contributed by atoms with Crippen LogP contribution in [0.15, 0.2) is 6.20 Å². The van der Waals surface area contributed by atoms with Crippen LogP contribution in [0.25, 0.3) is 0 Å². The highest BCUT2D eigenvalue weighted by atomic mass is 32.1. The molecule has 0 aliphatic rings. The van der Waals surface area contributed by atoms with Crippen molar-refractivity contribution in [1.29, 1.82) is 0 Å². The molecule has 4 heteroatoms. The molecule has 0 saturated heterocycles. The van der Waals surface area contributed by atoms with Gasteiger partial charge in [-0.2, -0.15) is 0 Å². The standard InChI is InChI=1S/C5H9BN2S/c1-8(2)5-7-3-4(6)9-5/h3H,6H2,1-2H3. The number of hydrogen-bond acceptors (Lipinski definition) is 3. The highest BCUT2D eigenvalue weighted by molar-refractivity contribution is 7.23. The van der Waals surface area contributed by atoms with Gasteiger partial charge >= 0.3 is 0 Å². The summed E-state index contributed by atoms with van der Waals surface area (Å²) in [6.07, 6.45) is 1.89. The van der Waals surface area contributed by atoms with E-state index < -0.39 is 0 Å². The van der Waals surface area contributed by atoms with Gasteiger partial charge in [0.2, 0.25) is 0 Å². The Hall–Kier alpha value is -0.505. The second-order valence-corrected chi connectivity index (χ2v) is 3.36. The molecule has 0 aromatic carbocycles. The van der Waals surface area contributed by atoms with Gasteiger partial charge in [-0.1, -0.05) is 0 Å². The number of aromatic nitrogens is 1. The summed E-state index contributed by atoms with van der Waals surface area (Å²) >= 11 is 1.71. The minimum absolute atomic E-state index is 1.08. The first-order valence-electron chi connectivity index (χ1n) is 2.80. The Balaban J connectivity index is 2.85. The minimum Gasteiger partial charge on any atom is -0.354 e. The first kappa shape index (κ1) is 6.61.